The van der Waals surface area contributed by atoms with Crippen molar-refractivity contribution in [2.45, 2.75) is 6.92 Å². The minimum Gasteiger partial charge on any atom is -0.398 e. The van der Waals surface area contributed by atoms with E-state index in [9.17, 15) is 4.39 Å². The van der Waals surface area contributed by atoms with Crippen LogP contribution in [0, 0.1) is 12.7 Å². The van der Waals surface area contributed by atoms with E-state index in [0.29, 0.717) is 17.1 Å². The van der Waals surface area contributed by atoms with Crippen LogP contribution in [-0.4, -0.2) is 15.1 Å². The number of hydrogen-bond donors (Lipinski definition) is 1. The number of nitrogens with zero attached hydrogens (tertiary/aromatic N) is 3. The van der Waals surface area contributed by atoms with Gasteiger partial charge in [0.15, 0.2) is 0 Å². The highest BCUT2D eigenvalue weighted by atomic mass is 19.1. The number of benzene rings is 1. The van der Waals surface area contributed by atoms with Crippen LogP contribution < -0.4 is 5.73 Å². The Hall–Kier alpha value is -2.76. The van der Waals surface area contributed by atoms with Crippen LogP contribution in [0.1, 0.15) is 5.56 Å². The summed E-state index contributed by atoms with van der Waals surface area (Å²) in [5.41, 5.74) is 8.28. The SMILES string of the molecule is Cc1ccncc1-c1noc(-c2cc(F)ccc2N)n1. The van der Waals surface area contributed by atoms with E-state index >= 15 is 0 Å². The second-order valence-electron chi connectivity index (χ2n) is 4.35. The van der Waals surface area contributed by atoms with Crippen LogP contribution in [0.3, 0.4) is 0 Å². The molecule has 0 aliphatic heterocycles. The summed E-state index contributed by atoms with van der Waals surface area (Å²) in [6.45, 7) is 1.92. The summed E-state index contributed by atoms with van der Waals surface area (Å²) in [4.78, 5) is 8.28. The molecule has 1 aromatic carbocycles. The summed E-state index contributed by atoms with van der Waals surface area (Å²) in [5, 5.41) is 3.89. The van der Waals surface area contributed by atoms with Gasteiger partial charge in [-0.25, -0.2) is 4.39 Å². The summed E-state index contributed by atoms with van der Waals surface area (Å²) in [5.74, 6) is 0.168. The predicted octanol–water partition coefficient (Wildman–Crippen LogP) is 2.83. The van der Waals surface area contributed by atoms with E-state index in [2.05, 4.69) is 15.1 Å². The van der Waals surface area contributed by atoms with Crippen LogP contribution in [0.4, 0.5) is 10.1 Å². The van der Waals surface area contributed by atoms with Crippen molar-refractivity contribution in [3.05, 3.63) is 48.0 Å². The van der Waals surface area contributed by atoms with Gasteiger partial charge in [0.05, 0.1) is 5.56 Å². The molecule has 0 aliphatic carbocycles. The maximum Gasteiger partial charge on any atom is 0.260 e. The van der Waals surface area contributed by atoms with E-state index in [1.54, 1.807) is 12.4 Å². The van der Waals surface area contributed by atoms with Crippen molar-refractivity contribution >= 4 is 5.69 Å². The molecule has 0 amide bonds. The zero-order chi connectivity index (χ0) is 14.1. The van der Waals surface area contributed by atoms with Crippen molar-refractivity contribution in [3.63, 3.8) is 0 Å². The fourth-order valence-electron chi connectivity index (χ4n) is 1.85. The largest absolute Gasteiger partial charge is 0.398 e. The molecule has 0 saturated carbocycles. The molecular formula is C14H11FN4O. The van der Waals surface area contributed by atoms with E-state index in [0.717, 1.165) is 11.1 Å². The number of anilines is 1. The lowest BCUT2D eigenvalue weighted by Crippen LogP contribution is -1.91. The Bertz CT molecular complexity index is 769. The van der Waals surface area contributed by atoms with Gasteiger partial charge in [0, 0.05) is 23.6 Å². The highest BCUT2D eigenvalue weighted by Crippen LogP contribution is 2.28. The summed E-state index contributed by atoms with van der Waals surface area (Å²) in [6, 6.07) is 5.86. The molecule has 0 unspecified atom stereocenters. The maximum atomic E-state index is 13.3. The van der Waals surface area contributed by atoms with Crippen LogP contribution in [0.25, 0.3) is 22.8 Å². The third-order valence-electron chi connectivity index (χ3n) is 2.95. The molecule has 0 bridgehead atoms. The molecule has 5 nitrogen and oxygen atoms in total. The van der Waals surface area contributed by atoms with E-state index in [1.807, 2.05) is 13.0 Å². The average molecular weight is 270 g/mol. The smallest absolute Gasteiger partial charge is 0.260 e. The third kappa shape index (κ3) is 2.11. The molecule has 20 heavy (non-hydrogen) atoms. The van der Waals surface area contributed by atoms with Gasteiger partial charge in [0.1, 0.15) is 5.82 Å². The Morgan fingerprint density at radius 3 is 2.85 bits per heavy atom. The summed E-state index contributed by atoms with van der Waals surface area (Å²) in [6.07, 6.45) is 3.34. The second-order valence-corrected chi connectivity index (χ2v) is 4.35. The number of pyridine rings is 1. The molecule has 100 valence electrons. The van der Waals surface area contributed by atoms with Gasteiger partial charge in [-0.15, -0.1) is 0 Å². The first-order valence-electron chi connectivity index (χ1n) is 5.95. The number of aromatic nitrogens is 3. The molecule has 0 atom stereocenters. The van der Waals surface area contributed by atoms with Crippen molar-refractivity contribution in [2.24, 2.45) is 0 Å². The van der Waals surface area contributed by atoms with Gasteiger partial charge in [-0.1, -0.05) is 5.16 Å². The molecule has 3 aromatic rings. The normalized spacial score (nSPS) is 10.7. The fourth-order valence-corrected chi connectivity index (χ4v) is 1.85. The van der Waals surface area contributed by atoms with Gasteiger partial charge in [0.2, 0.25) is 5.82 Å². The standard InChI is InChI=1S/C14H11FN4O/c1-8-4-5-17-7-11(8)13-18-14(20-19-13)10-6-9(15)2-3-12(10)16/h2-7H,16H2,1H3. The maximum absolute atomic E-state index is 13.3. The Kier molecular flexibility index (Phi) is 2.90. The van der Waals surface area contributed by atoms with E-state index in [4.69, 9.17) is 10.3 Å². The van der Waals surface area contributed by atoms with Gasteiger partial charge in [-0.05, 0) is 36.8 Å². The number of hydrogen-bond acceptors (Lipinski definition) is 5. The van der Waals surface area contributed by atoms with Crippen molar-refractivity contribution in [1.82, 2.24) is 15.1 Å². The Balaban J connectivity index is 2.07. The van der Waals surface area contributed by atoms with Gasteiger partial charge in [-0.2, -0.15) is 4.98 Å². The molecule has 2 heterocycles. The number of halogens is 1. The van der Waals surface area contributed by atoms with Gasteiger partial charge in [0.25, 0.3) is 5.89 Å². The molecule has 3 rings (SSSR count). The average Bonchev–Trinajstić information content (AvgIpc) is 2.91. The molecular weight excluding hydrogens is 259 g/mol. The summed E-state index contributed by atoms with van der Waals surface area (Å²) < 4.78 is 18.4. The van der Waals surface area contributed by atoms with E-state index in [1.165, 1.54) is 18.2 Å². The lowest BCUT2D eigenvalue weighted by atomic mass is 10.1. The number of rotatable bonds is 2. The number of nitrogens with two attached hydrogens (primary N) is 1. The monoisotopic (exact) mass is 270 g/mol. The van der Waals surface area contributed by atoms with Gasteiger partial charge >= 0.3 is 0 Å². The van der Waals surface area contributed by atoms with Crippen molar-refractivity contribution in [1.29, 1.82) is 0 Å². The van der Waals surface area contributed by atoms with Crippen LogP contribution in [0.2, 0.25) is 0 Å². The minimum absolute atomic E-state index is 0.181. The summed E-state index contributed by atoms with van der Waals surface area (Å²) >= 11 is 0. The third-order valence-corrected chi connectivity index (χ3v) is 2.95. The first-order chi connectivity index (χ1) is 9.65. The summed E-state index contributed by atoms with van der Waals surface area (Å²) in [7, 11) is 0. The highest BCUT2D eigenvalue weighted by molar-refractivity contribution is 5.71. The zero-order valence-corrected chi connectivity index (χ0v) is 10.7. The lowest BCUT2D eigenvalue weighted by Gasteiger charge is -2.00. The molecule has 6 heteroatoms. The Labute approximate surface area is 114 Å². The lowest BCUT2D eigenvalue weighted by molar-refractivity contribution is 0.432. The van der Waals surface area contributed by atoms with Crippen molar-refractivity contribution in [3.8, 4) is 22.8 Å². The van der Waals surface area contributed by atoms with Crippen molar-refractivity contribution in [2.75, 3.05) is 5.73 Å². The molecule has 2 N–H and O–H groups in total. The van der Waals surface area contributed by atoms with Gasteiger partial charge < -0.3 is 10.3 Å². The van der Waals surface area contributed by atoms with Crippen LogP contribution in [0.5, 0.6) is 0 Å². The molecule has 0 fully saturated rings. The van der Waals surface area contributed by atoms with Gasteiger partial charge in [-0.3, -0.25) is 4.98 Å². The molecule has 0 saturated heterocycles. The predicted molar refractivity (Wildman–Crippen MR) is 72.1 cm³/mol. The first-order valence-corrected chi connectivity index (χ1v) is 5.95. The Morgan fingerprint density at radius 2 is 2.05 bits per heavy atom. The molecule has 0 radical (unpaired) electrons. The quantitative estimate of drug-likeness (QED) is 0.724. The second kappa shape index (κ2) is 4.73. The first kappa shape index (κ1) is 12.3. The zero-order valence-electron chi connectivity index (χ0n) is 10.7. The number of aryl methyl sites for hydroxylation is 1. The van der Waals surface area contributed by atoms with Crippen LogP contribution in [0.15, 0.2) is 41.2 Å². The number of nitrogen functional groups attached to an aromatic ring is 1. The molecule has 0 spiro atoms. The van der Waals surface area contributed by atoms with Crippen molar-refractivity contribution < 1.29 is 8.91 Å². The molecule has 0 aliphatic rings. The van der Waals surface area contributed by atoms with Crippen LogP contribution in [-0.2, 0) is 0 Å². The fraction of sp³-hybridized carbons (Fsp3) is 0.0714. The van der Waals surface area contributed by atoms with E-state index in [-0.39, 0.29) is 5.89 Å². The highest BCUT2D eigenvalue weighted by Gasteiger charge is 2.15. The Morgan fingerprint density at radius 1 is 1.20 bits per heavy atom. The van der Waals surface area contributed by atoms with Crippen LogP contribution >= 0.6 is 0 Å². The molecule has 2 aromatic heterocycles. The minimum atomic E-state index is -0.411. The topological polar surface area (TPSA) is 77.8 Å². The van der Waals surface area contributed by atoms with E-state index < -0.39 is 5.82 Å².